The number of halogens is 1. The van der Waals surface area contributed by atoms with Crippen LogP contribution in [0.1, 0.15) is 37.7 Å². The van der Waals surface area contributed by atoms with Gasteiger partial charge in [0.05, 0.1) is 14.2 Å². The van der Waals surface area contributed by atoms with Gasteiger partial charge in [0.2, 0.25) is 11.8 Å². The summed E-state index contributed by atoms with van der Waals surface area (Å²) in [6.07, 6.45) is 4.29. The fourth-order valence-corrected chi connectivity index (χ4v) is 3.45. The molecule has 0 saturated carbocycles. The summed E-state index contributed by atoms with van der Waals surface area (Å²) in [7, 11) is 3.24. The number of nitrogens with zero attached hydrogens (tertiary/aromatic N) is 1. The van der Waals surface area contributed by atoms with E-state index in [2.05, 4.69) is 5.32 Å². The second-order valence-corrected chi connectivity index (χ2v) is 6.76. The summed E-state index contributed by atoms with van der Waals surface area (Å²) in [5.41, 5.74) is 6.36. The molecule has 8 heteroatoms. The molecule has 158 valence electrons. The third-order valence-electron chi connectivity index (χ3n) is 4.95. The highest BCUT2D eigenvalue weighted by atomic mass is 35.5. The highest BCUT2D eigenvalue weighted by Gasteiger charge is 2.26. The van der Waals surface area contributed by atoms with E-state index in [1.54, 1.807) is 14.2 Å². The third kappa shape index (κ3) is 6.87. The maximum absolute atomic E-state index is 12.8. The van der Waals surface area contributed by atoms with Gasteiger partial charge >= 0.3 is 0 Å². The lowest BCUT2D eigenvalue weighted by Gasteiger charge is -2.36. The molecular formula is C20H32ClN3O4. The van der Waals surface area contributed by atoms with Crippen molar-refractivity contribution < 1.29 is 19.1 Å². The van der Waals surface area contributed by atoms with Gasteiger partial charge in [-0.3, -0.25) is 9.59 Å². The third-order valence-corrected chi connectivity index (χ3v) is 4.95. The molecule has 1 heterocycles. The summed E-state index contributed by atoms with van der Waals surface area (Å²) in [6, 6.07) is 5.66. The maximum atomic E-state index is 12.8. The first-order valence-electron chi connectivity index (χ1n) is 9.56. The number of hydrogen-bond donors (Lipinski definition) is 2. The molecule has 2 amide bonds. The van der Waals surface area contributed by atoms with Gasteiger partial charge in [0.25, 0.3) is 0 Å². The number of aryl methyl sites for hydroxylation is 1. The second kappa shape index (κ2) is 12.5. The summed E-state index contributed by atoms with van der Waals surface area (Å²) >= 11 is 0. The minimum atomic E-state index is -0.0587. The van der Waals surface area contributed by atoms with Crippen LogP contribution in [0, 0.1) is 0 Å². The van der Waals surface area contributed by atoms with Gasteiger partial charge in [-0.2, -0.15) is 0 Å². The van der Waals surface area contributed by atoms with Crippen LogP contribution < -0.4 is 20.5 Å². The summed E-state index contributed by atoms with van der Waals surface area (Å²) in [5, 5.41) is 2.90. The molecule has 2 rings (SSSR count). The highest BCUT2D eigenvalue weighted by molar-refractivity contribution is 5.85. The van der Waals surface area contributed by atoms with E-state index in [1.807, 2.05) is 23.1 Å². The van der Waals surface area contributed by atoms with E-state index in [-0.39, 0.29) is 30.3 Å². The first kappa shape index (κ1) is 24.0. The largest absolute Gasteiger partial charge is 0.497 e. The normalized spacial score (nSPS) is 16.1. The number of likely N-dealkylation sites (tertiary alicyclic amines) is 1. The van der Waals surface area contributed by atoms with E-state index in [4.69, 9.17) is 15.2 Å². The summed E-state index contributed by atoms with van der Waals surface area (Å²) in [4.78, 5) is 26.4. The zero-order valence-corrected chi connectivity index (χ0v) is 17.6. The van der Waals surface area contributed by atoms with Crippen molar-refractivity contribution in [1.29, 1.82) is 0 Å². The molecule has 1 aliphatic heterocycles. The number of amides is 2. The van der Waals surface area contributed by atoms with Crippen LogP contribution >= 0.6 is 12.4 Å². The molecule has 1 atom stereocenters. The monoisotopic (exact) mass is 413 g/mol. The average Bonchev–Trinajstić information content (AvgIpc) is 2.70. The van der Waals surface area contributed by atoms with Gasteiger partial charge in [-0.15, -0.1) is 12.4 Å². The number of benzene rings is 1. The van der Waals surface area contributed by atoms with Gasteiger partial charge < -0.3 is 25.4 Å². The molecule has 28 heavy (non-hydrogen) atoms. The second-order valence-electron chi connectivity index (χ2n) is 6.76. The molecule has 0 bridgehead atoms. The molecule has 1 aromatic carbocycles. The van der Waals surface area contributed by atoms with Gasteiger partial charge in [-0.1, -0.05) is 0 Å². The minimum absolute atomic E-state index is 0. The van der Waals surface area contributed by atoms with Gasteiger partial charge in [-0.05, 0) is 49.4 Å². The van der Waals surface area contributed by atoms with Crippen LogP contribution in [0.25, 0.3) is 0 Å². The minimum Gasteiger partial charge on any atom is -0.497 e. The van der Waals surface area contributed by atoms with Crippen molar-refractivity contribution in [2.45, 2.75) is 44.6 Å². The molecule has 1 aliphatic rings. The van der Waals surface area contributed by atoms with Gasteiger partial charge in [0.1, 0.15) is 11.5 Å². The van der Waals surface area contributed by atoms with E-state index in [0.29, 0.717) is 32.4 Å². The maximum Gasteiger partial charge on any atom is 0.223 e. The van der Waals surface area contributed by atoms with E-state index in [0.717, 1.165) is 42.9 Å². The Labute approximate surface area is 173 Å². The van der Waals surface area contributed by atoms with Crippen LogP contribution in [0.5, 0.6) is 11.5 Å². The fourth-order valence-electron chi connectivity index (χ4n) is 3.45. The average molecular weight is 414 g/mol. The molecule has 1 aromatic rings. The van der Waals surface area contributed by atoms with Crippen LogP contribution in [-0.2, 0) is 16.0 Å². The SMILES string of the molecule is COc1ccc(OC)c(CCC(=O)N2CCCCC2CNC(=O)CCN)c1.Cl. The van der Waals surface area contributed by atoms with Crippen LogP contribution in [0.2, 0.25) is 0 Å². The molecule has 3 N–H and O–H groups in total. The predicted molar refractivity (Wildman–Crippen MR) is 111 cm³/mol. The Bertz CT molecular complexity index is 642. The Balaban J connectivity index is 0.00000392. The van der Waals surface area contributed by atoms with E-state index >= 15 is 0 Å². The summed E-state index contributed by atoms with van der Waals surface area (Å²) in [5.74, 6) is 1.55. The molecule has 1 fully saturated rings. The zero-order chi connectivity index (χ0) is 19.6. The Morgan fingerprint density at radius 3 is 2.68 bits per heavy atom. The zero-order valence-electron chi connectivity index (χ0n) is 16.7. The molecule has 0 aliphatic carbocycles. The number of nitrogens with one attached hydrogen (secondary N) is 1. The number of hydrogen-bond acceptors (Lipinski definition) is 5. The lowest BCUT2D eigenvalue weighted by atomic mass is 10.00. The number of rotatable bonds is 9. The lowest BCUT2D eigenvalue weighted by molar-refractivity contribution is -0.135. The molecule has 0 radical (unpaired) electrons. The molecule has 0 spiro atoms. The van der Waals surface area contributed by atoms with Crippen LogP contribution in [0.4, 0.5) is 0 Å². The fraction of sp³-hybridized carbons (Fsp3) is 0.600. The molecular weight excluding hydrogens is 382 g/mol. The molecule has 1 saturated heterocycles. The van der Waals surface area contributed by atoms with Crippen molar-refractivity contribution in [3.63, 3.8) is 0 Å². The Hall–Kier alpha value is -1.99. The van der Waals surface area contributed by atoms with Gasteiger partial charge in [-0.25, -0.2) is 0 Å². The lowest BCUT2D eigenvalue weighted by Crippen LogP contribution is -2.49. The van der Waals surface area contributed by atoms with Crippen LogP contribution in [0.15, 0.2) is 18.2 Å². The number of carbonyl (C=O) groups is 2. The Kier molecular flexibility index (Phi) is 10.7. The predicted octanol–water partition coefficient (Wildman–Crippen LogP) is 1.90. The summed E-state index contributed by atoms with van der Waals surface area (Å²) in [6.45, 7) is 1.57. The number of ether oxygens (including phenoxy) is 2. The summed E-state index contributed by atoms with van der Waals surface area (Å²) < 4.78 is 10.7. The van der Waals surface area contributed by atoms with Crippen LogP contribution in [0.3, 0.4) is 0 Å². The highest BCUT2D eigenvalue weighted by Crippen LogP contribution is 2.26. The van der Waals surface area contributed by atoms with E-state index in [1.165, 1.54) is 0 Å². The Morgan fingerprint density at radius 1 is 1.21 bits per heavy atom. The molecule has 0 aromatic heterocycles. The standard InChI is InChI=1S/C20H31N3O4.ClH/c1-26-17-7-8-18(27-2)15(13-17)6-9-20(25)23-12-4-3-5-16(23)14-22-19(24)10-11-21;/h7-8,13,16H,3-6,9-12,14,21H2,1-2H3,(H,22,24);1H. The van der Waals surface area contributed by atoms with Crippen molar-refractivity contribution in [1.82, 2.24) is 10.2 Å². The first-order chi connectivity index (χ1) is 13.1. The van der Waals surface area contributed by atoms with Crippen LogP contribution in [-0.4, -0.2) is 56.6 Å². The van der Waals surface area contributed by atoms with Crippen molar-refractivity contribution in [2.75, 3.05) is 33.9 Å². The van der Waals surface area contributed by atoms with E-state index in [9.17, 15) is 9.59 Å². The van der Waals surface area contributed by atoms with Crippen molar-refractivity contribution >= 4 is 24.2 Å². The number of nitrogens with two attached hydrogens (primary N) is 1. The molecule has 7 nitrogen and oxygen atoms in total. The quantitative estimate of drug-likeness (QED) is 0.644. The Morgan fingerprint density at radius 2 is 2.00 bits per heavy atom. The van der Waals surface area contributed by atoms with Crippen molar-refractivity contribution in [3.05, 3.63) is 23.8 Å². The number of carbonyl (C=O) groups excluding carboxylic acids is 2. The number of methoxy groups -OCH3 is 2. The first-order valence-corrected chi connectivity index (χ1v) is 9.56. The molecule has 1 unspecified atom stereocenters. The van der Waals surface area contributed by atoms with Crippen molar-refractivity contribution in [2.24, 2.45) is 5.73 Å². The smallest absolute Gasteiger partial charge is 0.223 e. The number of piperidine rings is 1. The van der Waals surface area contributed by atoms with E-state index < -0.39 is 0 Å². The van der Waals surface area contributed by atoms with Gasteiger partial charge in [0, 0.05) is 38.5 Å². The topological polar surface area (TPSA) is 93.9 Å². The van der Waals surface area contributed by atoms with Gasteiger partial charge in [0.15, 0.2) is 0 Å². The van der Waals surface area contributed by atoms with Crippen molar-refractivity contribution in [3.8, 4) is 11.5 Å².